The van der Waals surface area contributed by atoms with Crippen molar-refractivity contribution in [3.8, 4) is 11.8 Å². The highest BCUT2D eigenvalue weighted by Crippen LogP contribution is 2.26. The minimum Gasteiger partial charge on any atom is -0.410 e. The van der Waals surface area contributed by atoms with Crippen molar-refractivity contribution in [3.05, 3.63) is 88.0 Å². The van der Waals surface area contributed by atoms with Crippen molar-refractivity contribution >= 4 is 11.8 Å². The molecule has 1 N–H and O–H groups in total. The van der Waals surface area contributed by atoms with E-state index in [0.717, 1.165) is 17.7 Å². The Morgan fingerprint density at radius 2 is 1.85 bits per heavy atom. The number of non-ortho nitro benzene ring substituents is 1. The second-order valence-corrected chi connectivity index (χ2v) is 7.68. The Labute approximate surface area is 190 Å². The van der Waals surface area contributed by atoms with Gasteiger partial charge in [0.05, 0.1) is 34.6 Å². The van der Waals surface area contributed by atoms with Crippen LogP contribution < -0.4 is 4.74 Å². The second-order valence-electron chi connectivity index (χ2n) is 7.68. The number of piperazine rings is 1. The number of nitrogens with zero attached hydrogens (tertiary/aromatic N) is 5. The SMILES string of the molecule is N#Cc1ccc(CC(c2cnc[nH]2)N2CCN(C(=O)Oc3ccc([N+](=O)[O-])cc3)CC2)cc1. The van der Waals surface area contributed by atoms with E-state index in [1.54, 1.807) is 11.2 Å². The van der Waals surface area contributed by atoms with E-state index < -0.39 is 11.0 Å². The summed E-state index contributed by atoms with van der Waals surface area (Å²) >= 11 is 0. The number of benzene rings is 2. The summed E-state index contributed by atoms with van der Waals surface area (Å²) in [6, 6.07) is 15.2. The third kappa shape index (κ3) is 5.34. The van der Waals surface area contributed by atoms with Crippen molar-refractivity contribution in [3.63, 3.8) is 0 Å². The van der Waals surface area contributed by atoms with Crippen LogP contribution in [-0.4, -0.2) is 57.0 Å². The topological polar surface area (TPSA) is 128 Å². The Balaban J connectivity index is 1.38. The maximum atomic E-state index is 12.6. The van der Waals surface area contributed by atoms with Gasteiger partial charge in [0.15, 0.2) is 0 Å². The first-order valence-electron chi connectivity index (χ1n) is 10.5. The number of ether oxygens (including phenoxy) is 1. The van der Waals surface area contributed by atoms with Gasteiger partial charge in [-0.1, -0.05) is 12.1 Å². The number of aromatic nitrogens is 2. The predicted molar refractivity (Wildman–Crippen MR) is 118 cm³/mol. The number of H-pyrrole nitrogens is 1. The molecule has 10 nitrogen and oxygen atoms in total. The molecule has 3 aromatic rings. The van der Waals surface area contributed by atoms with Gasteiger partial charge in [-0.25, -0.2) is 9.78 Å². The number of nitro groups is 1. The van der Waals surface area contributed by atoms with Crippen LogP contribution in [0.3, 0.4) is 0 Å². The second kappa shape index (κ2) is 9.93. The van der Waals surface area contributed by atoms with Crippen LogP contribution in [-0.2, 0) is 6.42 Å². The van der Waals surface area contributed by atoms with E-state index in [4.69, 9.17) is 10.00 Å². The van der Waals surface area contributed by atoms with Crippen LogP contribution >= 0.6 is 0 Å². The van der Waals surface area contributed by atoms with Gasteiger partial charge in [-0.15, -0.1) is 0 Å². The molecular formula is C23H22N6O4. The van der Waals surface area contributed by atoms with Gasteiger partial charge < -0.3 is 14.6 Å². The maximum Gasteiger partial charge on any atom is 0.415 e. The third-order valence-corrected chi connectivity index (χ3v) is 5.66. The molecule has 1 aliphatic heterocycles. The summed E-state index contributed by atoms with van der Waals surface area (Å²) in [5.74, 6) is 0.268. The van der Waals surface area contributed by atoms with Gasteiger partial charge in [0.25, 0.3) is 5.69 Å². The highest BCUT2D eigenvalue weighted by Gasteiger charge is 2.29. The Hall–Kier alpha value is -4.23. The lowest BCUT2D eigenvalue weighted by Crippen LogP contribution is -2.50. The Morgan fingerprint density at radius 1 is 1.15 bits per heavy atom. The van der Waals surface area contributed by atoms with Crippen molar-refractivity contribution in [2.24, 2.45) is 0 Å². The fourth-order valence-electron chi connectivity index (χ4n) is 3.84. The van der Waals surface area contributed by atoms with Crippen LogP contribution in [0.15, 0.2) is 61.1 Å². The molecule has 33 heavy (non-hydrogen) atoms. The molecule has 0 spiro atoms. The number of hydrogen-bond donors (Lipinski definition) is 1. The number of nitriles is 1. The molecule has 4 rings (SSSR count). The molecule has 2 aromatic carbocycles. The standard InChI is InChI=1S/C23H22N6O4/c24-14-18-3-1-17(2-4-18)13-22(21-15-25-16-26-21)27-9-11-28(12-10-27)23(30)33-20-7-5-19(6-8-20)29(31)32/h1-8,15-16,22H,9-13H2,(H,25,26). The number of rotatable bonds is 6. The number of nitro benzene ring substituents is 1. The van der Waals surface area contributed by atoms with E-state index in [1.807, 2.05) is 30.5 Å². The molecule has 1 atom stereocenters. The van der Waals surface area contributed by atoms with Gasteiger partial charge in [0.2, 0.25) is 0 Å². The van der Waals surface area contributed by atoms with Crippen LogP contribution in [0, 0.1) is 21.4 Å². The average molecular weight is 446 g/mol. The first-order chi connectivity index (χ1) is 16.0. The summed E-state index contributed by atoms with van der Waals surface area (Å²) in [6.45, 7) is 2.28. The predicted octanol–water partition coefficient (Wildman–Crippen LogP) is 3.29. The number of imidazole rings is 1. The number of nitrogens with one attached hydrogen (secondary N) is 1. The fourth-order valence-corrected chi connectivity index (χ4v) is 3.84. The largest absolute Gasteiger partial charge is 0.415 e. The fraction of sp³-hybridized carbons (Fsp3) is 0.261. The molecule has 1 fully saturated rings. The summed E-state index contributed by atoms with van der Waals surface area (Å²) in [7, 11) is 0. The highest BCUT2D eigenvalue weighted by atomic mass is 16.6. The molecular weight excluding hydrogens is 424 g/mol. The number of carbonyl (C=O) groups excluding carboxylic acids is 1. The minimum absolute atomic E-state index is 0.0493. The molecule has 10 heteroatoms. The van der Waals surface area contributed by atoms with Gasteiger partial charge in [-0.2, -0.15) is 5.26 Å². The Kier molecular flexibility index (Phi) is 6.61. The van der Waals surface area contributed by atoms with E-state index in [2.05, 4.69) is 20.9 Å². The lowest BCUT2D eigenvalue weighted by atomic mass is 10.0. The molecule has 1 aromatic heterocycles. The van der Waals surface area contributed by atoms with E-state index in [1.165, 1.54) is 24.3 Å². The number of amides is 1. The summed E-state index contributed by atoms with van der Waals surface area (Å²) in [5.41, 5.74) is 2.65. The van der Waals surface area contributed by atoms with Crippen LogP contribution in [0.1, 0.15) is 22.9 Å². The number of aromatic amines is 1. The summed E-state index contributed by atoms with van der Waals surface area (Å²) < 4.78 is 5.38. The maximum absolute atomic E-state index is 12.6. The van der Waals surface area contributed by atoms with E-state index in [9.17, 15) is 14.9 Å². The minimum atomic E-state index is -0.501. The third-order valence-electron chi connectivity index (χ3n) is 5.66. The summed E-state index contributed by atoms with van der Waals surface area (Å²) in [4.78, 5) is 34.1. The van der Waals surface area contributed by atoms with Gasteiger partial charge in [-0.05, 0) is 36.2 Å². The molecule has 0 radical (unpaired) electrons. The van der Waals surface area contributed by atoms with Crippen molar-refractivity contribution in [2.75, 3.05) is 26.2 Å². The first-order valence-corrected chi connectivity index (χ1v) is 10.5. The molecule has 2 heterocycles. The van der Waals surface area contributed by atoms with Crippen molar-refractivity contribution in [1.82, 2.24) is 19.8 Å². The van der Waals surface area contributed by atoms with E-state index in [0.29, 0.717) is 31.7 Å². The van der Waals surface area contributed by atoms with E-state index in [-0.39, 0.29) is 17.5 Å². The molecule has 0 bridgehead atoms. The lowest BCUT2D eigenvalue weighted by molar-refractivity contribution is -0.384. The summed E-state index contributed by atoms with van der Waals surface area (Å²) in [5, 5.41) is 19.8. The van der Waals surface area contributed by atoms with Gasteiger partial charge >= 0.3 is 6.09 Å². The van der Waals surface area contributed by atoms with Crippen molar-refractivity contribution < 1.29 is 14.5 Å². The molecule has 1 unspecified atom stereocenters. The Bertz CT molecular complexity index is 1130. The molecule has 0 saturated carbocycles. The molecule has 0 aliphatic carbocycles. The smallest absolute Gasteiger partial charge is 0.410 e. The average Bonchev–Trinajstić information content (AvgIpc) is 3.38. The van der Waals surface area contributed by atoms with Crippen LogP contribution in [0.25, 0.3) is 0 Å². The lowest BCUT2D eigenvalue weighted by Gasteiger charge is -2.38. The quantitative estimate of drug-likeness (QED) is 0.454. The highest BCUT2D eigenvalue weighted by molar-refractivity contribution is 5.71. The zero-order valence-electron chi connectivity index (χ0n) is 17.8. The van der Waals surface area contributed by atoms with Gasteiger partial charge in [-0.3, -0.25) is 15.0 Å². The van der Waals surface area contributed by atoms with Gasteiger partial charge in [0, 0.05) is 44.5 Å². The van der Waals surface area contributed by atoms with E-state index >= 15 is 0 Å². The zero-order chi connectivity index (χ0) is 23.2. The zero-order valence-corrected chi connectivity index (χ0v) is 17.8. The van der Waals surface area contributed by atoms with Crippen LogP contribution in [0.2, 0.25) is 0 Å². The Morgan fingerprint density at radius 3 is 2.42 bits per heavy atom. The van der Waals surface area contributed by atoms with Crippen molar-refractivity contribution in [2.45, 2.75) is 12.5 Å². The number of hydrogen-bond acceptors (Lipinski definition) is 7. The molecule has 168 valence electrons. The molecule has 1 amide bonds. The summed E-state index contributed by atoms with van der Waals surface area (Å²) in [6.07, 6.45) is 3.72. The normalized spacial score (nSPS) is 14.9. The van der Waals surface area contributed by atoms with Gasteiger partial charge in [0.1, 0.15) is 5.75 Å². The van der Waals surface area contributed by atoms with Crippen molar-refractivity contribution in [1.29, 1.82) is 5.26 Å². The molecule has 1 saturated heterocycles. The van der Waals surface area contributed by atoms with Crippen LogP contribution in [0.5, 0.6) is 5.75 Å². The first kappa shape index (κ1) is 22.0. The van der Waals surface area contributed by atoms with Crippen LogP contribution in [0.4, 0.5) is 10.5 Å². The number of carbonyl (C=O) groups is 1. The monoisotopic (exact) mass is 446 g/mol. The molecule has 1 aliphatic rings.